The van der Waals surface area contributed by atoms with Crippen molar-refractivity contribution in [3.05, 3.63) is 398 Å². The van der Waals surface area contributed by atoms with Gasteiger partial charge in [0.25, 0.3) is 0 Å². The quantitative estimate of drug-likeness (QED) is 0.0590. The van der Waals surface area contributed by atoms with Crippen molar-refractivity contribution in [3.63, 3.8) is 0 Å². The van der Waals surface area contributed by atoms with Crippen LogP contribution in [-0.2, 0) is 31.8 Å². The smallest absolute Gasteiger partial charge is 2.00 e. The van der Waals surface area contributed by atoms with Crippen molar-refractivity contribution < 1.29 is 89.8 Å². The number of benzene rings is 14. The fourth-order valence-electron chi connectivity index (χ4n) is 17.2. The van der Waals surface area contributed by atoms with E-state index in [1.807, 2.05) is 0 Å². The Balaban J connectivity index is -0.000000238. The molecule has 0 bridgehead atoms. The minimum atomic E-state index is -5.17. The zero-order valence-electron chi connectivity index (χ0n) is 83.1. The molecule has 0 amide bonds. The maximum absolute atomic E-state index is 8.52. The van der Waals surface area contributed by atoms with Crippen LogP contribution in [0, 0.1) is 218 Å². The van der Waals surface area contributed by atoms with Gasteiger partial charge in [0.05, 0.1) is 0 Å². The third-order valence-corrected chi connectivity index (χ3v) is 21.2. The standard InChI is InChI=1S/4C24H25.2C8H10.2H2O4S.8H2O.2O.4Sb/c4*1-15-10-17(3)23(18(4)11-15)21-8-7-9-22(14-21)24-19(5)12-16(2)13-20(24)6;2*1-7-3-5-8(2)6-4-7;2*1-5(2,3)4;;;;;;;;;;;;;;/h4*7-13H,1-6H3;2*3-6H,1-2H3;2*(H2,1,2,3,4);8*1H2;;;;;;/q4*-1;;;;;;;;;;;;;2*-2;4*+5/p-12. The van der Waals surface area contributed by atoms with Crippen molar-refractivity contribution in [3.8, 4) is 89.0 Å². The van der Waals surface area contributed by atoms with Gasteiger partial charge in [-0.2, -0.15) is 0 Å². The van der Waals surface area contributed by atoms with Gasteiger partial charge in [0.1, 0.15) is 0 Å². The van der Waals surface area contributed by atoms with Crippen molar-refractivity contribution in [2.24, 2.45) is 0 Å². The Morgan fingerprint density at radius 1 is 0.162 bits per heavy atom. The summed E-state index contributed by atoms with van der Waals surface area (Å²) >= 11 is 0. The van der Waals surface area contributed by atoms with Crippen LogP contribution in [-0.4, -0.2) is 177 Å². The number of aryl methyl sites for hydroxylation is 28. The molecule has 0 radical (unpaired) electrons. The molecule has 0 heterocycles. The second-order valence-electron chi connectivity index (χ2n) is 33.2. The Morgan fingerprint density at radius 2 is 0.235 bits per heavy atom. The molecular formula is C112H128O18S2Sb4. The summed E-state index contributed by atoms with van der Waals surface area (Å²) in [6.45, 7) is 60.7. The molecule has 0 spiro atoms. The van der Waals surface area contributed by atoms with Crippen LogP contribution in [0.25, 0.3) is 89.0 Å². The average Bonchev–Trinajstić information content (AvgIpc) is 0.800. The SMILES string of the molecule is Cc1cc(C)c(-c2[c-]c(-c3c(C)cc(C)cc3C)ccc2)c(C)c1.Cc1cc(C)c(-c2[c-]c(-c3c(C)cc(C)cc3C)ccc2)c(C)c1.Cc1cc(C)c(-c2[c-]c(-c3c(C)cc(C)cc3C)ccc2)c(C)c1.Cc1cc(C)c(-c2[c-]c(-c3c(C)cc(C)cc3C)ccc2)c(C)c1.Cc1ccc(C)cc1.Cc1ccc(C)cc1.O=S(=O)([O-])[O-].O=S(=O)([O-])[O-].[O-2].[O-2].[OH-].[OH-].[OH-].[OH-].[OH-].[OH-].[OH-].[OH-].[Sb+5].[Sb+5].[Sb+5].[Sb+5]. The van der Waals surface area contributed by atoms with Crippen LogP contribution in [0.3, 0.4) is 0 Å². The molecule has 0 unspecified atom stereocenters. The Bertz CT molecular complexity index is 5110. The van der Waals surface area contributed by atoms with E-state index in [0.717, 1.165) is 0 Å². The number of hydrogen-bond donors (Lipinski definition) is 0. The molecule has 14 rings (SSSR count). The molecule has 14 aromatic carbocycles. The molecular weight excluding hydrogens is 2180 g/mol. The summed E-state index contributed by atoms with van der Waals surface area (Å²) in [7, 11) is -10.3. The fraction of sp³-hybridized carbons (Fsp3) is 0.250. The molecule has 0 aliphatic rings. The first-order valence-electron chi connectivity index (χ1n) is 41.2. The van der Waals surface area contributed by atoms with E-state index in [-0.39, 0.29) is 152 Å². The van der Waals surface area contributed by atoms with Crippen molar-refractivity contribution in [2.45, 2.75) is 194 Å². The van der Waals surface area contributed by atoms with Crippen molar-refractivity contribution >= 4 is 119 Å². The Morgan fingerprint density at radius 3 is 0.309 bits per heavy atom. The van der Waals surface area contributed by atoms with E-state index >= 15 is 0 Å². The van der Waals surface area contributed by atoms with E-state index < -0.39 is 20.8 Å². The van der Waals surface area contributed by atoms with Gasteiger partial charge in [-0.1, -0.05) is 346 Å². The van der Waals surface area contributed by atoms with Gasteiger partial charge >= 0.3 is 97.7 Å². The molecule has 18 nitrogen and oxygen atoms in total. The maximum Gasteiger partial charge on any atom is 5.00 e. The first-order valence-corrected chi connectivity index (χ1v) is 43.9. The molecule has 24 heteroatoms. The second kappa shape index (κ2) is 64.8. The monoisotopic (exact) mass is 2310 g/mol. The van der Waals surface area contributed by atoms with Crippen LogP contribution in [0.15, 0.2) is 218 Å². The predicted octanol–water partition coefficient (Wildman–Crippen LogP) is 25.4. The van der Waals surface area contributed by atoms with E-state index in [9.17, 15) is 0 Å². The number of rotatable bonds is 8. The summed E-state index contributed by atoms with van der Waals surface area (Å²) in [6, 6.07) is 93.8. The van der Waals surface area contributed by atoms with Gasteiger partial charge < -0.3 is 73.0 Å². The van der Waals surface area contributed by atoms with E-state index in [0.29, 0.717) is 0 Å². The Hall–Kier alpha value is -8.31. The second-order valence-corrected chi connectivity index (χ2v) is 34.9. The van der Waals surface area contributed by atoms with Crippen LogP contribution in [0.1, 0.15) is 156 Å². The first-order chi connectivity index (χ1) is 57.0. The van der Waals surface area contributed by atoms with Crippen LogP contribution in [0.4, 0.5) is 0 Å². The maximum atomic E-state index is 8.52. The van der Waals surface area contributed by atoms with Crippen molar-refractivity contribution in [2.75, 3.05) is 0 Å². The minimum absolute atomic E-state index is 0. The summed E-state index contributed by atoms with van der Waals surface area (Å²) in [5.74, 6) is 0. The molecule has 0 saturated carbocycles. The fourth-order valence-corrected chi connectivity index (χ4v) is 17.2. The zero-order chi connectivity index (χ0) is 90.7. The van der Waals surface area contributed by atoms with Gasteiger partial charge in [-0.25, -0.2) is 0 Å². The van der Waals surface area contributed by atoms with Gasteiger partial charge in [-0.3, -0.25) is 16.8 Å². The predicted molar refractivity (Wildman–Crippen MR) is 551 cm³/mol. The first kappa shape index (κ1) is 143. The molecule has 8 N–H and O–H groups in total. The molecule has 0 fully saturated rings. The molecule has 14 aromatic rings. The van der Waals surface area contributed by atoms with E-state index in [1.165, 1.54) is 245 Å². The normalized spacial score (nSPS) is 9.65. The van der Waals surface area contributed by atoms with Crippen LogP contribution < -0.4 is 0 Å². The third-order valence-electron chi connectivity index (χ3n) is 21.2. The van der Waals surface area contributed by atoms with E-state index in [2.05, 4.69) is 437 Å². The Labute approximate surface area is 881 Å². The van der Waals surface area contributed by atoms with Crippen LogP contribution in [0.5, 0.6) is 0 Å². The third kappa shape index (κ3) is 43.6. The molecule has 0 saturated heterocycles. The summed E-state index contributed by atoms with van der Waals surface area (Å²) < 4.78 is 68.2. The summed E-state index contributed by atoms with van der Waals surface area (Å²) in [4.78, 5) is 0. The topological polar surface area (TPSA) is 458 Å². The van der Waals surface area contributed by atoms with Gasteiger partial charge in [-0.15, -0.1) is 142 Å². The Kier molecular flexibility index (Phi) is 68.2. The summed E-state index contributed by atoms with van der Waals surface area (Å²) in [5.41, 5.74) is 56.9. The van der Waals surface area contributed by atoms with Crippen LogP contribution >= 0.6 is 0 Å². The van der Waals surface area contributed by atoms with Gasteiger partial charge in [0.2, 0.25) is 0 Å². The van der Waals surface area contributed by atoms with Crippen molar-refractivity contribution in [1.29, 1.82) is 0 Å². The summed E-state index contributed by atoms with van der Waals surface area (Å²) in [5, 5.41) is 0. The molecule has 0 atom stereocenters. The minimum Gasteiger partial charge on any atom is -2.00 e. The molecule has 0 aromatic heterocycles. The molecule has 716 valence electrons. The zero-order valence-corrected chi connectivity index (χ0v) is 94.9. The van der Waals surface area contributed by atoms with Gasteiger partial charge in [0, 0.05) is 20.8 Å². The number of hydrogen-bond acceptors (Lipinski definition) is 16. The molecule has 136 heavy (non-hydrogen) atoms. The van der Waals surface area contributed by atoms with Crippen molar-refractivity contribution in [1.82, 2.24) is 0 Å². The average molecular weight is 2310 g/mol. The largest absolute Gasteiger partial charge is 5.00 e. The van der Waals surface area contributed by atoms with Crippen LogP contribution in [0.2, 0.25) is 0 Å². The summed E-state index contributed by atoms with van der Waals surface area (Å²) in [6.07, 6.45) is 0. The van der Waals surface area contributed by atoms with Gasteiger partial charge in [0.15, 0.2) is 0 Å². The molecule has 0 aliphatic carbocycles. The van der Waals surface area contributed by atoms with E-state index in [4.69, 9.17) is 35.0 Å². The molecule has 0 aliphatic heterocycles. The van der Waals surface area contributed by atoms with Gasteiger partial charge in [-0.05, 0) is 194 Å². The van der Waals surface area contributed by atoms with E-state index in [1.54, 1.807) is 0 Å².